The van der Waals surface area contributed by atoms with Crippen LogP contribution in [0.25, 0.3) is 11.0 Å². The Balaban J connectivity index is 1.52. The van der Waals surface area contributed by atoms with E-state index in [2.05, 4.69) is 27.7 Å². The molecule has 0 saturated carbocycles. The molecular weight excluding hydrogens is 376 g/mol. The number of para-hydroxylation sites is 3. The Morgan fingerprint density at radius 3 is 2.70 bits per heavy atom. The highest BCUT2D eigenvalue weighted by atomic mass is 16.5. The van der Waals surface area contributed by atoms with Crippen molar-refractivity contribution in [3.8, 4) is 5.75 Å². The third kappa shape index (κ3) is 4.65. The number of imidazole rings is 1. The molecule has 158 valence electrons. The van der Waals surface area contributed by atoms with Crippen molar-refractivity contribution in [2.75, 3.05) is 40.3 Å². The first-order valence-corrected chi connectivity index (χ1v) is 10.7. The second-order valence-electron chi connectivity index (χ2n) is 8.13. The molecule has 1 fully saturated rings. The highest BCUT2D eigenvalue weighted by Gasteiger charge is 2.27. The van der Waals surface area contributed by atoms with E-state index in [-0.39, 0.29) is 5.91 Å². The van der Waals surface area contributed by atoms with E-state index in [1.54, 1.807) is 4.90 Å². The maximum Gasteiger partial charge on any atom is 0.236 e. The Hall–Kier alpha value is -2.86. The number of fused-ring (bicyclic) bond motifs is 1. The third-order valence-corrected chi connectivity index (χ3v) is 5.74. The Labute approximate surface area is 178 Å². The number of ether oxygens (including phenoxy) is 1. The average Bonchev–Trinajstić information content (AvgIpc) is 3.13. The topological polar surface area (TPSA) is 50.6 Å². The fraction of sp³-hybridized carbons (Fsp3) is 0.417. The molecule has 0 N–H and O–H groups in total. The summed E-state index contributed by atoms with van der Waals surface area (Å²) in [6, 6.07) is 18.2. The van der Waals surface area contributed by atoms with Crippen LogP contribution < -0.4 is 4.74 Å². The van der Waals surface area contributed by atoms with E-state index in [0.29, 0.717) is 19.1 Å². The smallest absolute Gasteiger partial charge is 0.236 e. The second kappa shape index (κ2) is 9.30. The molecule has 30 heavy (non-hydrogen) atoms. The van der Waals surface area contributed by atoms with Gasteiger partial charge in [0.15, 0.2) is 0 Å². The van der Waals surface area contributed by atoms with E-state index in [1.165, 1.54) is 0 Å². The summed E-state index contributed by atoms with van der Waals surface area (Å²) >= 11 is 0. The monoisotopic (exact) mass is 406 g/mol. The summed E-state index contributed by atoms with van der Waals surface area (Å²) in [5.41, 5.74) is 2.17. The molecule has 0 aliphatic carbocycles. The number of likely N-dealkylation sites (N-methyl/N-ethyl adjacent to an activating group) is 1. The van der Waals surface area contributed by atoms with Crippen molar-refractivity contribution in [1.29, 1.82) is 0 Å². The number of hydrogen-bond acceptors (Lipinski definition) is 4. The van der Waals surface area contributed by atoms with Crippen LogP contribution >= 0.6 is 0 Å². The number of carbonyl (C=O) groups excluding carboxylic acids is 1. The molecule has 1 atom stereocenters. The first-order chi connectivity index (χ1) is 14.6. The van der Waals surface area contributed by atoms with Crippen LogP contribution in [0.5, 0.6) is 5.75 Å². The minimum absolute atomic E-state index is 0.153. The summed E-state index contributed by atoms with van der Waals surface area (Å²) in [7, 11) is 3.63. The zero-order chi connectivity index (χ0) is 20.9. The molecular formula is C24H30N4O2. The number of piperidine rings is 1. The van der Waals surface area contributed by atoms with Crippen LogP contribution in [0.1, 0.15) is 24.6 Å². The zero-order valence-electron chi connectivity index (χ0n) is 17.8. The van der Waals surface area contributed by atoms with Gasteiger partial charge in [0.1, 0.15) is 18.2 Å². The van der Waals surface area contributed by atoms with Gasteiger partial charge in [-0.3, -0.25) is 9.69 Å². The van der Waals surface area contributed by atoms with Crippen LogP contribution in [0, 0.1) is 0 Å². The first kappa shape index (κ1) is 20.4. The van der Waals surface area contributed by atoms with Crippen LogP contribution in [0.2, 0.25) is 0 Å². The molecule has 1 amide bonds. The number of carbonyl (C=O) groups is 1. The van der Waals surface area contributed by atoms with Crippen molar-refractivity contribution in [3.05, 3.63) is 60.4 Å². The molecule has 6 heteroatoms. The number of rotatable bonds is 7. The Morgan fingerprint density at radius 2 is 1.90 bits per heavy atom. The normalized spacial score (nSPS) is 17.2. The van der Waals surface area contributed by atoms with E-state index >= 15 is 0 Å². The Bertz CT molecular complexity index is 983. The van der Waals surface area contributed by atoms with Gasteiger partial charge < -0.3 is 14.2 Å². The Kier molecular flexibility index (Phi) is 6.33. The highest BCUT2D eigenvalue weighted by Crippen LogP contribution is 2.29. The molecule has 1 aromatic heterocycles. The first-order valence-electron chi connectivity index (χ1n) is 10.7. The van der Waals surface area contributed by atoms with Gasteiger partial charge >= 0.3 is 0 Å². The number of amides is 1. The van der Waals surface area contributed by atoms with Gasteiger partial charge in [-0.2, -0.15) is 0 Å². The van der Waals surface area contributed by atoms with E-state index in [0.717, 1.165) is 55.1 Å². The Morgan fingerprint density at radius 1 is 1.13 bits per heavy atom. The number of benzene rings is 2. The zero-order valence-corrected chi connectivity index (χ0v) is 17.8. The summed E-state index contributed by atoms with van der Waals surface area (Å²) in [4.78, 5) is 21.1. The van der Waals surface area contributed by atoms with Gasteiger partial charge in [-0.15, -0.1) is 0 Å². The summed E-state index contributed by atoms with van der Waals surface area (Å²) in [5.74, 6) is 2.46. The third-order valence-electron chi connectivity index (χ3n) is 5.74. The van der Waals surface area contributed by atoms with Crippen molar-refractivity contribution in [2.45, 2.75) is 25.3 Å². The van der Waals surface area contributed by atoms with E-state index in [4.69, 9.17) is 9.72 Å². The van der Waals surface area contributed by atoms with Crippen molar-refractivity contribution >= 4 is 16.9 Å². The quantitative estimate of drug-likeness (QED) is 0.604. The average molecular weight is 407 g/mol. The van der Waals surface area contributed by atoms with Crippen LogP contribution in [0.15, 0.2) is 54.6 Å². The molecule has 0 spiro atoms. The van der Waals surface area contributed by atoms with Gasteiger partial charge in [0, 0.05) is 26.6 Å². The van der Waals surface area contributed by atoms with E-state index in [9.17, 15) is 4.79 Å². The number of nitrogens with zero attached hydrogens (tertiary/aromatic N) is 4. The maximum absolute atomic E-state index is 12.2. The number of aromatic nitrogens is 2. The molecule has 3 aromatic rings. The fourth-order valence-electron chi connectivity index (χ4n) is 4.15. The van der Waals surface area contributed by atoms with E-state index < -0.39 is 0 Å². The molecule has 0 radical (unpaired) electrons. The SMILES string of the molecule is CN(C)C(=O)CN1CCCC(c2nc3ccccc3n2CCOc2ccccc2)C1. The molecule has 1 unspecified atom stereocenters. The maximum atomic E-state index is 12.2. The van der Waals surface area contributed by atoms with Crippen LogP contribution in [-0.4, -0.2) is 65.6 Å². The molecule has 1 aliphatic heterocycles. The summed E-state index contributed by atoms with van der Waals surface area (Å²) in [6.45, 7) is 3.64. The largest absolute Gasteiger partial charge is 0.492 e. The van der Waals surface area contributed by atoms with Gasteiger partial charge in [-0.1, -0.05) is 30.3 Å². The summed E-state index contributed by atoms with van der Waals surface area (Å²) < 4.78 is 8.27. The van der Waals surface area contributed by atoms with Crippen molar-refractivity contribution in [2.24, 2.45) is 0 Å². The lowest BCUT2D eigenvalue weighted by Crippen LogP contribution is -2.42. The summed E-state index contributed by atoms with van der Waals surface area (Å²) in [5, 5.41) is 0. The molecule has 0 bridgehead atoms. The van der Waals surface area contributed by atoms with Crippen molar-refractivity contribution in [1.82, 2.24) is 19.4 Å². The standard InChI is InChI=1S/C24H30N4O2/c1-26(2)23(29)18-27-14-8-9-19(17-27)24-25-21-12-6-7-13-22(21)28(24)15-16-30-20-10-4-3-5-11-20/h3-7,10-13,19H,8-9,14-18H2,1-2H3. The summed E-state index contributed by atoms with van der Waals surface area (Å²) in [6.07, 6.45) is 2.17. The minimum Gasteiger partial charge on any atom is -0.492 e. The predicted octanol–water partition coefficient (Wildman–Crippen LogP) is 3.38. The molecule has 2 heterocycles. The molecule has 2 aromatic carbocycles. The highest BCUT2D eigenvalue weighted by molar-refractivity contribution is 5.78. The number of likely N-dealkylation sites (tertiary alicyclic amines) is 1. The number of hydrogen-bond donors (Lipinski definition) is 0. The lowest BCUT2D eigenvalue weighted by molar-refractivity contribution is -0.130. The predicted molar refractivity (Wildman–Crippen MR) is 119 cm³/mol. The minimum atomic E-state index is 0.153. The van der Waals surface area contributed by atoms with Crippen LogP contribution in [0.3, 0.4) is 0 Å². The van der Waals surface area contributed by atoms with Crippen LogP contribution in [-0.2, 0) is 11.3 Å². The van der Waals surface area contributed by atoms with E-state index in [1.807, 2.05) is 50.5 Å². The van der Waals surface area contributed by atoms with Crippen LogP contribution in [0.4, 0.5) is 0 Å². The van der Waals surface area contributed by atoms with Crippen molar-refractivity contribution < 1.29 is 9.53 Å². The van der Waals surface area contributed by atoms with Gasteiger partial charge in [0.05, 0.1) is 24.1 Å². The van der Waals surface area contributed by atoms with Gasteiger partial charge in [0.2, 0.25) is 5.91 Å². The van der Waals surface area contributed by atoms with Gasteiger partial charge in [-0.25, -0.2) is 4.98 Å². The molecule has 1 aliphatic rings. The molecule has 6 nitrogen and oxygen atoms in total. The molecule has 4 rings (SSSR count). The fourth-order valence-corrected chi connectivity index (χ4v) is 4.15. The van der Waals surface area contributed by atoms with Gasteiger partial charge in [0.25, 0.3) is 0 Å². The lowest BCUT2D eigenvalue weighted by atomic mass is 9.97. The molecule has 1 saturated heterocycles. The van der Waals surface area contributed by atoms with Crippen molar-refractivity contribution in [3.63, 3.8) is 0 Å². The van der Waals surface area contributed by atoms with Gasteiger partial charge in [-0.05, 0) is 43.7 Å². The lowest BCUT2D eigenvalue weighted by Gasteiger charge is -2.32. The second-order valence-corrected chi connectivity index (χ2v) is 8.13.